The van der Waals surface area contributed by atoms with Crippen LogP contribution in [0.2, 0.25) is 0 Å². The largest absolute Gasteiger partial charge is 0.452 e. The van der Waals surface area contributed by atoms with Gasteiger partial charge in [0, 0.05) is 11.7 Å². The van der Waals surface area contributed by atoms with E-state index < -0.39 is 5.97 Å². The molecule has 0 radical (unpaired) electrons. The van der Waals surface area contributed by atoms with Crippen molar-refractivity contribution in [2.24, 2.45) is 0 Å². The lowest BCUT2D eigenvalue weighted by atomic mass is 9.95. The molecule has 0 unspecified atom stereocenters. The first-order valence-electron chi connectivity index (χ1n) is 9.93. The third-order valence-electron chi connectivity index (χ3n) is 5.33. The molecular formula is C23H28N2O3. The van der Waals surface area contributed by atoms with Crippen LogP contribution in [-0.2, 0) is 9.53 Å². The molecule has 3 rings (SSSR count). The first-order chi connectivity index (χ1) is 13.5. The van der Waals surface area contributed by atoms with Gasteiger partial charge in [0.1, 0.15) is 0 Å². The quantitative estimate of drug-likeness (QED) is 0.716. The minimum atomic E-state index is -0.507. The zero-order chi connectivity index (χ0) is 19.9. The fourth-order valence-corrected chi connectivity index (χ4v) is 3.53. The second-order valence-electron chi connectivity index (χ2n) is 7.40. The molecule has 0 spiro atoms. The molecule has 0 bridgehead atoms. The number of para-hydroxylation sites is 1. The first kappa shape index (κ1) is 19.9. The molecule has 0 saturated heterocycles. The third kappa shape index (κ3) is 5.12. The van der Waals surface area contributed by atoms with E-state index in [9.17, 15) is 9.59 Å². The number of benzene rings is 2. The zero-order valence-electron chi connectivity index (χ0n) is 16.6. The normalized spacial score (nSPS) is 14.4. The maximum absolute atomic E-state index is 12.6. The van der Waals surface area contributed by atoms with E-state index >= 15 is 0 Å². The molecule has 1 aliphatic rings. The summed E-state index contributed by atoms with van der Waals surface area (Å²) in [6, 6.07) is 13.4. The summed E-state index contributed by atoms with van der Waals surface area (Å²) in [6.45, 7) is 3.83. The van der Waals surface area contributed by atoms with E-state index in [1.54, 1.807) is 12.1 Å². The molecule has 0 aliphatic heterocycles. The summed E-state index contributed by atoms with van der Waals surface area (Å²) >= 11 is 0. The Morgan fingerprint density at radius 3 is 2.46 bits per heavy atom. The van der Waals surface area contributed by atoms with Crippen molar-refractivity contribution in [1.29, 1.82) is 0 Å². The molecule has 0 atom stereocenters. The van der Waals surface area contributed by atoms with Crippen LogP contribution in [0.4, 0.5) is 11.4 Å². The van der Waals surface area contributed by atoms with Crippen LogP contribution in [0.5, 0.6) is 0 Å². The molecule has 2 aromatic carbocycles. The van der Waals surface area contributed by atoms with Gasteiger partial charge in [-0.3, -0.25) is 4.79 Å². The molecule has 148 valence electrons. The summed E-state index contributed by atoms with van der Waals surface area (Å²) in [5.74, 6) is -0.743. The van der Waals surface area contributed by atoms with Crippen molar-refractivity contribution < 1.29 is 14.3 Å². The monoisotopic (exact) mass is 380 g/mol. The summed E-state index contributed by atoms with van der Waals surface area (Å²) in [5.41, 5.74) is 4.31. The van der Waals surface area contributed by atoms with Crippen LogP contribution in [0.1, 0.15) is 53.6 Å². The molecule has 0 aromatic heterocycles. The van der Waals surface area contributed by atoms with Crippen LogP contribution < -0.4 is 10.6 Å². The standard InChI is InChI=1S/C23H28N2O3/c1-16-9-8-14-20(17(16)2)25-21-13-7-6-12-19(21)23(27)28-15-22(26)24-18-10-4-3-5-11-18/h6-9,12-14,18,25H,3-5,10-11,15H2,1-2H3,(H,24,26). The Bertz CT molecular complexity index is 841. The van der Waals surface area contributed by atoms with Crippen molar-refractivity contribution >= 4 is 23.3 Å². The maximum atomic E-state index is 12.6. The minimum absolute atomic E-state index is 0.207. The molecule has 0 heterocycles. The second-order valence-corrected chi connectivity index (χ2v) is 7.40. The average molecular weight is 380 g/mol. The zero-order valence-corrected chi connectivity index (χ0v) is 16.6. The third-order valence-corrected chi connectivity index (χ3v) is 5.33. The molecule has 5 nitrogen and oxygen atoms in total. The predicted octanol–water partition coefficient (Wildman–Crippen LogP) is 4.65. The van der Waals surface area contributed by atoms with Gasteiger partial charge in [0.2, 0.25) is 0 Å². The summed E-state index contributed by atoms with van der Waals surface area (Å²) in [4.78, 5) is 24.7. The van der Waals surface area contributed by atoms with Gasteiger partial charge < -0.3 is 15.4 Å². The highest BCUT2D eigenvalue weighted by Crippen LogP contribution is 2.25. The van der Waals surface area contributed by atoms with Crippen molar-refractivity contribution in [2.75, 3.05) is 11.9 Å². The number of carbonyl (C=O) groups is 2. The highest BCUT2D eigenvalue weighted by Gasteiger charge is 2.18. The minimum Gasteiger partial charge on any atom is -0.452 e. The highest BCUT2D eigenvalue weighted by atomic mass is 16.5. The molecule has 5 heteroatoms. The van der Waals surface area contributed by atoms with Gasteiger partial charge in [0.15, 0.2) is 6.61 Å². The summed E-state index contributed by atoms with van der Waals surface area (Å²) < 4.78 is 5.27. The Labute approximate surface area is 166 Å². The number of hydrogen-bond acceptors (Lipinski definition) is 4. The number of amides is 1. The fourth-order valence-electron chi connectivity index (χ4n) is 3.53. The van der Waals surface area contributed by atoms with Crippen molar-refractivity contribution in [2.45, 2.75) is 52.0 Å². The smallest absolute Gasteiger partial charge is 0.340 e. The van der Waals surface area contributed by atoms with Gasteiger partial charge in [-0.25, -0.2) is 4.79 Å². The maximum Gasteiger partial charge on any atom is 0.340 e. The van der Waals surface area contributed by atoms with Gasteiger partial charge in [-0.2, -0.15) is 0 Å². The van der Waals surface area contributed by atoms with Gasteiger partial charge in [-0.05, 0) is 56.0 Å². The number of ether oxygens (including phenoxy) is 1. The van der Waals surface area contributed by atoms with Crippen molar-refractivity contribution in [3.05, 3.63) is 59.2 Å². The lowest BCUT2D eigenvalue weighted by Crippen LogP contribution is -2.38. The molecule has 28 heavy (non-hydrogen) atoms. The molecule has 1 fully saturated rings. The average Bonchev–Trinajstić information content (AvgIpc) is 2.71. The van der Waals surface area contributed by atoms with E-state index in [0.29, 0.717) is 11.3 Å². The van der Waals surface area contributed by atoms with Gasteiger partial charge in [-0.1, -0.05) is 43.5 Å². The number of anilines is 2. The number of hydrogen-bond donors (Lipinski definition) is 2. The molecule has 1 amide bonds. The van der Waals surface area contributed by atoms with Crippen LogP contribution in [0, 0.1) is 13.8 Å². The molecular weight excluding hydrogens is 352 g/mol. The number of esters is 1. The topological polar surface area (TPSA) is 67.4 Å². The van der Waals surface area contributed by atoms with Crippen molar-refractivity contribution in [3.63, 3.8) is 0 Å². The summed E-state index contributed by atoms with van der Waals surface area (Å²) in [6.07, 6.45) is 5.51. The van der Waals surface area contributed by atoms with Gasteiger partial charge in [-0.15, -0.1) is 0 Å². The lowest BCUT2D eigenvalue weighted by Gasteiger charge is -2.22. The molecule has 1 saturated carbocycles. The highest BCUT2D eigenvalue weighted by molar-refractivity contribution is 5.97. The number of carbonyl (C=O) groups excluding carboxylic acids is 2. The Hall–Kier alpha value is -2.82. The second kappa shape index (κ2) is 9.40. The van der Waals surface area contributed by atoms with E-state index in [4.69, 9.17) is 4.74 Å². The van der Waals surface area contributed by atoms with E-state index in [0.717, 1.165) is 36.9 Å². The number of aryl methyl sites for hydroxylation is 1. The van der Waals surface area contributed by atoms with Gasteiger partial charge in [0.05, 0.1) is 11.3 Å². The van der Waals surface area contributed by atoms with Crippen LogP contribution in [0.15, 0.2) is 42.5 Å². The van der Waals surface area contributed by atoms with Crippen LogP contribution in [-0.4, -0.2) is 24.5 Å². The van der Waals surface area contributed by atoms with Crippen LogP contribution in [0.3, 0.4) is 0 Å². The van der Waals surface area contributed by atoms with Crippen LogP contribution >= 0.6 is 0 Å². The summed E-state index contributed by atoms with van der Waals surface area (Å²) in [7, 11) is 0. The fraction of sp³-hybridized carbons (Fsp3) is 0.391. The van der Waals surface area contributed by atoms with Gasteiger partial charge >= 0.3 is 5.97 Å². The van der Waals surface area contributed by atoms with Crippen molar-refractivity contribution in [3.8, 4) is 0 Å². The van der Waals surface area contributed by atoms with E-state index in [1.807, 2.05) is 44.2 Å². The van der Waals surface area contributed by atoms with E-state index in [1.165, 1.54) is 12.0 Å². The molecule has 2 aromatic rings. The Morgan fingerprint density at radius 2 is 1.68 bits per heavy atom. The SMILES string of the molecule is Cc1cccc(Nc2ccccc2C(=O)OCC(=O)NC2CCCCC2)c1C. The number of rotatable bonds is 6. The Morgan fingerprint density at radius 1 is 0.964 bits per heavy atom. The van der Waals surface area contributed by atoms with E-state index in [-0.39, 0.29) is 18.6 Å². The summed E-state index contributed by atoms with van der Waals surface area (Å²) in [5, 5.41) is 6.28. The van der Waals surface area contributed by atoms with Crippen molar-refractivity contribution in [1.82, 2.24) is 5.32 Å². The van der Waals surface area contributed by atoms with Gasteiger partial charge in [0.25, 0.3) is 5.91 Å². The van der Waals surface area contributed by atoms with E-state index in [2.05, 4.69) is 10.6 Å². The Balaban J connectivity index is 1.62. The molecule has 2 N–H and O–H groups in total. The molecule has 1 aliphatic carbocycles. The van der Waals surface area contributed by atoms with Crippen LogP contribution in [0.25, 0.3) is 0 Å². The first-order valence-corrected chi connectivity index (χ1v) is 9.93. The Kier molecular flexibility index (Phi) is 6.69. The predicted molar refractivity (Wildman–Crippen MR) is 111 cm³/mol. The lowest BCUT2D eigenvalue weighted by molar-refractivity contribution is -0.125. The number of nitrogens with one attached hydrogen (secondary N) is 2.